The highest BCUT2D eigenvalue weighted by atomic mass is 16.3. The van der Waals surface area contributed by atoms with Crippen molar-refractivity contribution in [1.29, 1.82) is 0 Å². The van der Waals surface area contributed by atoms with Gasteiger partial charge in [0.2, 0.25) is 0 Å². The first-order valence-electron chi connectivity index (χ1n) is 4.56. The van der Waals surface area contributed by atoms with Crippen molar-refractivity contribution in [2.24, 2.45) is 4.99 Å². The molecule has 1 aliphatic heterocycles. The van der Waals surface area contributed by atoms with Crippen LogP contribution in [0, 0.1) is 0 Å². The van der Waals surface area contributed by atoms with Gasteiger partial charge in [0.25, 0.3) is 0 Å². The van der Waals surface area contributed by atoms with Gasteiger partial charge in [-0.1, -0.05) is 0 Å². The highest BCUT2D eigenvalue weighted by Gasteiger charge is 2.19. The van der Waals surface area contributed by atoms with Crippen LogP contribution in [-0.2, 0) is 0 Å². The van der Waals surface area contributed by atoms with Crippen LogP contribution in [0.3, 0.4) is 0 Å². The molecule has 0 radical (unpaired) electrons. The van der Waals surface area contributed by atoms with E-state index in [-0.39, 0.29) is 12.1 Å². The second-order valence-corrected chi connectivity index (χ2v) is 3.91. The third kappa shape index (κ3) is 2.81. The van der Waals surface area contributed by atoms with Crippen LogP contribution in [0.4, 0.5) is 0 Å². The van der Waals surface area contributed by atoms with Gasteiger partial charge in [0.15, 0.2) is 0 Å². The Morgan fingerprint density at radius 3 is 2.83 bits per heavy atom. The van der Waals surface area contributed by atoms with Crippen molar-refractivity contribution in [3.63, 3.8) is 0 Å². The lowest BCUT2D eigenvalue weighted by Gasteiger charge is -2.26. The molecule has 0 saturated heterocycles. The van der Waals surface area contributed by atoms with Crippen LogP contribution in [0.5, 0.6) is 0 Å². The van der Waals surface area contributed by atoms with E-state index in [1.54, 1.807) is 0 Å². The minimum atomic E-state index is -0.0159. The molecule has 0 aliphatic carbocycles. The molecule has 0 aromatic rings. The maximum absolute atomic E-state index is 8.80. The number of nitrogens with zero attached hydrogens (tertiary/aromatic N) is 1. The van der Waals surface area contributed by atoms with Crippen molar-refractivity contribution in [2.45, 2.75) is 38.6 Å². The summed E-state index contributed by atoms with van der Waals surface area (Å²) < 4.78 is 0. The van der Waals surface area contributed by atoms with E-state index in [0.29, 0.717) is 0 Å². The van der Waals surface area contributed by atoms with Crippen LogP contribution in [0.25, 0.3) is 0 Å². The Kier molecular flexibility index (Phi) is 3.09. The molecule has 0 amide bonds. The Labute approximate surface area is 73.9 Å². The molecule has 3 heteroatoms. The molecule has 0 bridgehead atoms. The lowest BCUT2D eigenvalue weighted by molar-refractivity contribution is 0.244. The molecular formula is C9H18N2O. The summed E-state index contributed by atoms with van der Waals surface area (Å²) in [6.45, 7) is 5.36. The fraction of sp³-hybridized carbons (Fsp3) is 0.889. The Balaban J connectivity index is 2.37. The molecule has 0 unspecified atom stereocenters. The number of amidine groups is 1. The molecule has 1 rings (SSSR count). The molecule has 0 spiro atoms. The fourth-order valence-corrected chi connectivity index (χ4v) is 1.37. The second kappa shape index (κ2) is 3.90. The molecule has 2 N–H and O–H groups in total. The molecule has 1 heterocycles. The lowest BCUT2D eigenvalue weighted by atomic mass is 10.0. The van der Waals surface area contributed by atoms with E-state index in [2.05, 4.69) is 24.2 Å². The van der Waals surface area contributed by atoms with Crippen LogP contribution in [0.2, 0.25) is 0 Å². The Bertz CT molecular complexity index is 175. The molecular weight excluding hydrogens is 152 g/mol. The van der Waals surface area contributed by atoms with Gasteiger partial charge in [-0.05, 0) is 26.7 Å². The van der Waals surface area contributed by atoms with Gasteiger partial charge in [-0.3, -0.25) is 4.99 Å². The Hall–Kier alpha value is -0.570. The van der Waals surface area contributed by atoms with E-state index < -0.39 is 0 Å². The van der Waals surface area contributed by atoms with Gasteiger partial charge in [0.1, 0.15) is 0 Å². The average Bonchev–Trinajstić information content (AvgIpc) is 2.38. The van der Waals surface area contributed by atoms with Gasteiger partial charge < -0.3 is 10.4 Å². The molecule has 0 atom stereocenters. The number of nitrogens with one attached hydrogen (secondary N) is 1. The van der Waals surface area contributed by atoms with Gasteiger partial charge in [-0.15, -0.1) is 0 Å². The summed E-state index contributed by atoms with van der Waals surface area (Å²) in [5, 5.41) is 12.1. The van der Waals surface area contributed by atoms with Gasteiger partial charge in [0.05, 0.1) is 5.84 Å². The highest BCUT2D eigenvalue weighted by molar-refractivity contribution is 5.84. The summed E-state index contributed by atoms with van der Waals surface area (Å²) in [6.07, 6.45) is 3.00. The van der Waals surface area contributed by atoms with Crippen molar-refractivity contribution in [3.8, 4) is 0 Å². The predicted octanol–water partition coefficient (Wildman–Crippen LogP) is 0.929. The molecule has 1 aliphatic rings. The number of rotatable bonds is 3. The maximum atomic E-state index is 8.80. The zero-order chi connectivity index (χ0) is 9.03. The molecule has 0 aromatic carbocycles. The molecule has 0 aromatic heterocycles. The number of hydrogen-bond acceptors (Lipinski definition) is 3. The molecule has 70 valence electrons. The van der Waals surface area contributed by atoms with Gasteiger partial charge in [-0.25, -0.2) is 0 Å². The summed E-state index contributed by atoms with van der Waals surface area (Å²) in [4.78, 5) is 4.33. The largest absolute Gasteiger partial charge is 0.396 e. The van der Waals surface area contributed by atoms with Crippen molar-refractivity contribution in [3.05, 3.63) is 0 Å². The summed E-state index contributed by atoms with van der Waals surface area (Å²) in [7, 11) is 0. The topological polar surface area (TPSA) is 44.6 Å². The number of aliphatic hydroxyl groups is 1. The quantitative estimate of drug-likeness (QED) is 0.661. The smallest absolute Gasteiger partial charge is 0.0967 e. The van der Waals surface area contributed by atoms with Crippen LogP contribution in [-0.4, -0.2) is 29.6 Å². The van der Waals surface area contributed by atoms with E-state index in [4.69, 9.17) is 5.11 Å². The van der Waals surface area contributed by atoms with Gasteiger partial charge in [0, 0.05) is 25.1 Å². The van der Waals surface area contributed by atoms with E-state index in [1.165, 1.54) is 0 Å². The first kappa shape index (κ1) is 9.52. The van der Waals surface area contributed by atoms with E-state index in [0.717, 1.165) is 31.6 Å². The minimum Gasteiger partial charge on any atom is -0.396 e. The average molecular weight is 170 g/mol. The fourth-order valence-electron chi connectivity index (χ4n) is 1.37. The zero-order valence-corrected chi connectivity index (χ0v) is 7.93. The summed E-state index contributed by atoms with van der Waals surface area (Å²) in [6, 6.07) is 0. The van der Waals surface area contributed by atoms with Gasteiger partial charge >= 0.3 is 0 Å². The van der Waals surface area contributed by atoms with Crippen molar-refractivity contribution in [1.82, 2.24) is 5.32 Å². The number of aliphatic hydroxyl groups excluding tert-OH is 1. The van der Waals surface area contributed by atoms with Crippen LogP contribution in [0.15, 0.2) is 4.99 Å². The zero-order valence-electron chi connectivity index (χ0n) is 7.93. The monoisotopic (exact) mass is 170 g/mol. The van der Waals surface area contributed by atoms with Crippen molar-refractivity contribution >= 4 is 5.84 Å². The maximum Gasteiger partial charge on any atom is 0.0967 e. The third-order valence-corrected chi connectivity index (χ3v) is 2.09. The SMILES string of the molecule is CC(C)(CCO)NC1=NCCC1. The molecule has 12 heavy (non-hydrogen) atoms. The van der Waals surface area contributed by atoms with E-state index >= 15 is 0 Å². The van der Waals surface area contributed by atoms with Crippen molar-refractivity contribution in [2.75, 3.05) is 13.2 Å². The summed E-state index contributed by atoms with van der Waals surface area (Å²) in [5.41, 5.74) is -0.0159. The number of aliphatic imine (C=N–C) groups is 1. The summed E-state index contributed by atoms with van der Waals surface area (Å²) in [5.74, 6) is 1.11. The minimum absolute atomic E-state index is 0.0159. The van der Waals surface area contributed by atoms with Crippen molar-refractivity contribution < 1.29 is 5.11 Å². The van der Waals surface area contributed by atoms with Crippen LogP contribution >= 0.6 is 0 Å². The number of hydrogen-bond donors (Lipinski definition) is 2. The standard InChI is InChI=1S/C9H18N2O/c1-9(2,5-7-12)11-8-4-3-6-10-8/h12H,3-7H2,1-2H3,(H,10,11). The Morgan fingerprint density at radius 1 is 1.58 bits per heavy atom. The Morgan fingerprint density at radius 2 is 2.33 bits per heavy atom. The van der Waals surface area contributed by atoms with Crippen LogP contribution < -0.4 is 5.32 Å². The predicted molar refractivity (Wildman–Crippen MR) is 50.5 cm³/mol. The van der Waals surface area contributed by atoms with E-state index in [1.807, 2.05) is 0 Å². The molecule has 0 fully saturated rings. The second-order valence-electron chi connectivity index (χ2n) is 3.91. The molecule has 0 saturated carbocycles. The lowest BCUT2D eigenvalue weighted by Crippen LogP contribution is -2.43. The van der Waals surface area contributed by atoms with Crippen LogP contribution in [0.1, 0.15) is 33.1 Å². The van der Waals surface area contributed by atoms with E-state index in [9.17, 15) is 0 Å². The first-order valence-corrected chi connectivity index (χ1v) is 4.56. The summed E-state index contributed by atoms with van der Waals surface area (Å²) >= 11 is 0. The highest BCUT2D eigenvalue weighted by Crippen LogP contribution is 2.10. The normalized spacial score (nSPS) is 17.8. The first-order chi connectivity index (χ1) is 5.64. The van der Waals surface area contributed by atoms with Gasteiger partial charge in [-0.2, -0.15) is 0 Å². The third-order valence-electron chi connectivity index (χ3n) is 2.09. The molecule has 3 nitrogen and oxygen atoms in total.